The van der Waals surface area contributed by atoms with Crippen molar-refractivity contribution in [3.05, 3.63) is 22.5 Å². The minimum absolute atomic E-state index is 0.146. The second-order valence-corrected chi connectivity index (χ2v) is 4.54. The monoisotopic (exact) mass is 281 g/mol. The van der Waals surface area contributed by atoms with Gasteiger partial charge in [-0.25, -0.2) is 9.97 Å². The first-order valence-corrected chi connectivity index (χ1v) is 6.17. The van der Waals surface area contributed by atoms with E-state index in [1.54, 1.807) is 6.92 Å². The van der Waals surface area contributed by atoms with Crippen LogP contribution in [0.1, 0.15) is 6.92 Å². The zero-order valence-electron chi connectivity index (χ0n) is 11.0. The average Bonchev–Trinajstić information content (AvgIpc) is 2.46. The molecule has 1 aliphatic rings. The van der Waals surface area contributed by atoms with Crippen LogP contribution in [0.2, 0.25) is 0 Å². The van der Waals surface area contributed by atoms with Crippen molar-refractivity contribution in [2.75, 3.05) is 31.1 Å². The van der Waals surface area contributed by atoms with Crippen LogP contribution < -0.4 is 4.90 Å². The molecule has 0 spiro atoms. The molecule has 1 fully saturated rings. The van der Waals surface area contributed by atoms with Crippen LogP contribution in [0.15, 0.2) is 12.4 Å². The van der Waals surface area contributed by atoms with Crippen LogP contribution in [-0.2, 0) is 4.79 Å². The van der Waals surface area contributed by atoms with Gasteiger partial charge in [-0.2, -0.15) is 0 Å². The molecule has 0 aromatic carbocycles. The maximum Gasteiger partial charge on any atom is 0.320 e. The lowest BCUT2D eigenvalue weighted by atomic mass is 10.2. The van der Waals surface area contributed by atoms with Gasteiger partial charge < -0.3 is 10.0 Å². The number of aromatic nitrogens is 2. The fourth-order valence-corrected chi connectivity index (χ4v) is 2.04. The normalized spacial score (nSPS) is 17.8. The van der Waals surface area contributed by atoms with Gasteiger partial charge in [-0.1, -0.05) is 0 Å². The van der Waals surface area contributed by atoms with Crippen molar-refractivity contribution in [2.45, 2.75) is 13.0 Å². The van der Waals surface area contributed by atoms with E-state index in [0.29, 0.717) is 32.1 Å². The SMILES string of the molecule is CC(C(=O)O)N1CCN(c2ncc([N+](=O)[O-])cn2)CC1. The molecule has 1 aliphatic heterocycles. The predicted molar refractivity (Wildman–Crippen MR) is 69.6 cm³/mol. The Morgan fingerprint density at radius 1 is 1.35 bits per heavy atom. The van der Waals surface area contributed by atoms with E-state index >= 15 is 0 Å². The Balaban J connectivity index is 1.96. The van der Waals surface area contributed by atoms with Gasteiger partial charge in [-0.05, 0) is 6.92 Å². The van der Waals surface area contributed by atoms with Gasteiger partial charge >= 0.3 is 11.7 Å². The minimum atomic E-state index is -0.843. The molecule has 2 heterocycles. The molecule has 0 radical (unpaired) electrons. The third-order valence-electron chi connectivity index (χ3n) is 3.34. The third-order valence-corrected chi connectivity index (χ3v) is 3.34. The molecule has 1 aromatic rings. The molecule has 0 bridgehead atoms. The van der Waals surface area contributed by atoms with Gasteiger partial charge in [0.1, 0.15) is 18.4 Å². The van der Waals surface area contributed by atoms with Gasteiger partial charge in [-0.3, -0.25) is 19.8 Å². The van der Waals surface area contributed by atoms with E-state index in [9.17, 15) is 14.9 Å². The molecule has 2 rings (SSSR count). The van der Waals surface area contributed by atoms with Crippen LogP contribution in [0.3, 0.4) is 0 Å². The Bertz CT molecular complexity index is 498. The predicted octanol–water partition coefficient (Wildman–Crippen LogP) is -0.0201. The first kappa shape index (κ1) is 14.1. The number of nitrogens with zero attached hydrogens (tertiary/aromatic N) is 5. The van der Waals surface area contributed by atoms with E-state index in [1.165, 1.54) is 12.4 Å². The zero-order valence-corrected chi connectivity index (χ0v) is 11.0. The molecule has 108 valence electrons. The van der Waals surface area contributed by atoms with Gasteiger partial charge in [0, 0.05) is 26.2 Å². The molecule has 20 heavy (non-hydrogen) atoms. The highest BCUT2D eigenvalue weighted by molar-refractivity contribution is 5.72. The summed E-state index contributed by atoms with van der Waals surface area (Å²) in [4.78, 5) is 32.6. The van der Waals surface area contributed by atoms with E-state index in [1.807, 2.05) is 9.80 Å². The largest absolute Gasteiger partial charge is 0.480 e. The van der Waals surface area contributed by atoms with Crippen molar-refractivity contribution >= 4 is 17.6 Å². The molecular formula is C11H15N5O4. The number of hydrogen-bond acceptors (Lipinski definition) is 7. The van der Waals surface area contributed by atoms with Gasteiger partial charge in [0.05, 0.1) is 4.92 Å². The summed E-state index contributed by atoms with van der Waals surface area (Å²) in [6.45, 7) is 4.02. The van der Waals surface area contributed by atoms with E-state index in [2.05, 4.69) is 9.97 Å². The van der Waals surface area contributed by atoms with Crippen LogP contribution in [0.4, 0.5) is 11.6 Å². The quantitative estimate of drug-likeness (QED) is 0.605. The van der Waals surface area contributed by atoms with Crippen molar-refractivity contribution < 1.29 is 14.8 Å². The smallest absolute Gasteiger partial charge is 0.320 e. The molecule has 1 unspecified atom stereocenters. The van der Waals surface area contributed by atoms with Crippen LogP contribution >= 0.6 is 0 Å². The summed E-state index contributed by atoms with van der Waals surface area (Å²) in [5, 5.41) is 19.5. The van der Waals surface area contributed by atoms with Crippen molar-refractivity contribution in [1.29, 1.82) is 0 Å². The maximum atomic E-state index is 10.9. The highest BCUT2D eigenvalue weighted by atomic mass is 16.6. The second kappa shape index (κ2) is 5.78. The third kappa shape index (κ3) is 2.99. The summed E-state index contributed by atoms with van der Waals surface area (Å²) < 4.78 is 0. The lowest BCUT2D eigenvalue weighted by molar-refractivity contribution is -0.385. The highest BCUT2D eigenvalue weighted by Gasteiger charge is 2.26. The summed E-state index contributed by atoms with van der Waals surface area (Å²) in [5.41, 5.74) is -0.146. The summed E-state index contributed by atoms with van der Waals surface area (Å²) in [6.07, 6.45) is 2.35. The average molecular weight is 281 g/mol. The number of carbonyl (C=O) groups is 1. The van der Waals surface area contributed by atoms with Crippen molar-refractivity contribution in [3.63, 3.8) is 0 Å². The van der Waals surface area contributed by atoms with Crippen LogP contribution in [0.25, 0.3) is 0 Å². The number of carboxylic acids is 1. The zero-order chi connectivity index (χ0) is 14.7. The Morgan fingerprint density at radius 2 is 1.90 bits per heavy atom. The summed E-state index contributed by atoms with van der Waals surface area (Å²) >= 11 is 0. The lowest BCUT2D eigenvalue weighted by Gasteiger charge is -2.36. The number of piperazine rings is 1. The first-order valence-electron chi connectivity index (χ1n) is 6.17. The Morgan fingerprint density at radius 3 is 2.35 bits per heavy atom. The van der Waals surface area contributed by atoms with Crippen molar-refractivity contribution in [2.24, 2.45) is 0 Å². The van der Waals surface area contributed by atoms with Gasteiger partial charge in [0.25, 0.3) is 0 Å². The summed E-state index contributed by atoms with van der Waals surface area (Å²) in [6, 6.07) is -0.519. The minimum Gasteiger partial charge on any atom is -0.480 e. The van der Waals surface area contributed by atoms with Crippen LogP contribution in [0.5, 0.6) is 0 Å². The van der Waals surface area contributed by atoms with E-state index < -0.39 is 16.9 Å². The van der Waals surface area contributed by atoms with E-state index in [0.717, 1.165) is 0 Å². The molecule has 1 saturated heterocycles. The Kier molecular flexibility index (Phi) is 4.08. The number of hydrogen-bond donors (Lipinski definition) is 1. The van der Waals surface area contributed by atoms with Gasteiger partial charge in [0.15, 0.2) is 0 Å². The summed E-state index contributed by atoms with van der Waals surface area (Å²) in [5.74, 6) is -0.414. The van der Waals surface area contributed by atoms with E-state index in [4.69, 9.17) is 5.11 Å². The fraction of sp³-hybridized carbons (Fsp3) is 0.545. The lowest BCUT2D eigenvalue weighted by Crippen LogP contribution is -2.52. The number of nitro groups is 1. The van der Waals surface area contributed by atoms with Gasteiger partial charge in [0.2, 0.25) is 5.95 Å². The molecule has 0 aliphatic carbocycles. The van der Waals surface area contributed by atoms with Crippen LogP contribution in [0, 0.1) is 10.1 Å². The number of carboxylic acid groups (broad SMARTS) is 1. The van der Waals surface area contributed by atoms with Crippen molar-refractivity contribution in [3.8, 4) is 0 Å². The molecule has 1 atom stereocenters. The van der Waals surface area contributed by atoms with Crippen LogP contribution in [-0.4, -0.2) is 63.1 Å². The Hall–Kier alpha value is -2.29. The van der Waals surface area contributed by atoms with Gasteiger partial charge in [-0.15, -0.1) is 0 Å². The second-order valence-electron chi connectivity index (χ2n) is 4.54. The standard InChI is InChI=1S/C11H15N5O4/c1-8(10(17)18)14-2-4-15(5-3-14)11-12-6-9(7-13-11)16(19)20/h6-8H,2-5H2,1H3,(H,17,18). The number of aliphatic carboxylic acids is 1. The first-order chi connectivity index (χ1) is 9.49. The highest BCUT2D eigenvalue weighted by Crippen LogP contribution is 2.15. The molecule has 9 heteroatoms. The molecule has 0 amide bonds. The summed E-state index contributed by atoms with van der Waals surface area (Å²) in [7, 11) is 0. The molecular weight excluding hydrogens is 266 g/mol. The molecule has 1 N–H and O–H groups in total. The topological polar surface area (TPSA) is 113 Å². The fourth-order valence-electron chi connectivity index (χ4n) is 2.04. The molecule has 9 nitrogen and oxygen atoms in total. The molecule has 0 saturated carbocycles. The number of rotatable bonds is 4. The maximum absolute atomic E-state index is 10.9. The van der Waals surface area contributed by atoms with Crippen molar-refractivity contribution in [1.82, 2.24) is 14.9 Å². The van der Waals surface area contributed by atoms with E-state index in [-0.39, 0.29) is 5.69 Å². The number of anilines is 1. The Labute approximate surface area is 115 Å². The molecule has 1 aromatic heterocycles.